The molecule has 36 heavy (non-hydrogen) atoms. The number of hydrogen-bond acceptors (Lipinski definition) is 6. The average Bonchev–Trinajstić information content (AvgIpc) is 3.37. The molecule has 0 saturated carbocycles. The molecule has 2 aromatic carbocycles. The highest BCUT2D eigenvalue weighted by molar-refractivity contribution is 6.03. The highest BCUT2D eigenvalue weighted by atomic mass is 19.1. The molecule has 8 nitrogen and oxygen atoms in total. The Bertz CT molecular complexity index is 1090. The summed E-state index contributed by atoms with van der Waals surface area (Å²) in [6.07, 6.45) is 0.788. The Morgan fingerprint density at radius 3 is 2.61 bits per heavy atom. The third kappa shape index (κ3) is 6.27. The highest BCUT2D eigenvalue weighted by Gasteiger charge is 2.34. The molecular formula is C27H33FN4O4. The summed E-state index contributed by atoms with van der Waals surface area (Å²) in [6.45, 7) is 5.85. The van der Waals surface area contributed by atoms with Crippen molar-refractivity contribution in [2.75, 3.05) is 53.0 Å². The van der Waals surface area contributed by atoms with Crippen LogP contribution in [0.4, 0.5) is 4.39 Å². The number of methoxy groups -OCH3 is 1. The minimum atomic E-state index is -0.392. The number of nitrogens with zero attached hydrogens (tertiary/aromatic N) is 4. The Morgan fingerprint density at radius 2 is 1.92 bits per heavy atom. The van der Waals surface area contributed by atoms with Crippen molar-refractivity contribution in [2.45, 2.75) is 25.8 Å². The maximum absolute atomic E-state index is 13.6. The van der Waals surface area contributed by atoms with Crippen LogP contribution in [0, 0.1) is 5.82 Å². The number of carbonyl (C=O) groups excluding carboxylic acids is 2. The van der Waals surface area contributed by atoms with Crippen LogP contribution in [0.1, 0.15) is 36.9 Å². The van der Waals surface area contributed by atoms with Gasteiger partial charge in [-0.3, -0.25) is 14.5 Å². The van der Waals surface area contributed by atoms with E-state index in [2.05, 4.69) is 10.0 Å². The van der Waals surface area contributed by atoms with Crippen LogP contribution >= 0.6 is 0 Å². The summed E-state index contributed by atoms with van der Waals surface area (Å²) in [7, 11) is 1.60. The molecule has 4 rings (SSSR count). The standard InChI is InChI=1S/C27H33FN4O4/c1-3-26(33)31(12-11-30-13-15-36-16-14-30)19-27(34)32-25(20-7-9-22(28)10-8-20)18-24(29-32)21-5-4-6-23(17-21)35-2/h4-10,17,25H,3,11-16,18-19H2,1-2H3. The Kier molecular flexibility index (Phi) is 8.66. The number of carbonyl (C=O) groups is 2. The van der Waals surface area contributed by atoms with Gasteiger partial charge in [0.25, 0.3) is 5.91 Å². The second-order valence-corrected chi connectivity index (χ2v) is 8.91. The fourth-order valence-corrected chi connectivity index (χ4v) is 4.50. The number of amides is 2. The van der Waals surface area contributed by atoms with E-state index in [1.54, 1.807) is 31.1 Å². The predicted octanol–water partition coefficient (Wildman–Crippen LogP) is 3.08. The molecule has 2 amide bonds. The lowest BCUT2D eigenvalue weighted by Crippen LogP contribution is -2.46. The summed E-state index contributed by atoms with van der Waals surface area (Å²) in [5.41, 5.74) is 2.37. The number of hydrogen-bond donors (Lipinski definition) is 0. The maximum Gasteiger partial charge on any atom is 0.262 e. The molecule has 0 radical (unpaired) electrons. The van der Waals surface area contributed by atoms with Gasteiger partial charge in [0, 0.05) is 44.6 Å². The van der Waals surface area contributed by atoms with Crippen molar-refractivity contribution in [1.82, 2.24) is 14.8 Å². The van der Waals surface area contributed by atoms with Crippen LogP contribution in [0.25, 0.3) is 0 Å². The zero-order valence-electron chi connectivity index (χ0n) is 20.9. The summed E-state index contributed by atoms with van der Waals surface area (Å²) in [4.78, 5) is 30.1. The fourth-order valence-electron chi connectivity index (χ4n) is 4.50. The quantitative estimate of drug-likeness (QED) is 0.534. The zero-order valence-corrected chi connectivity index (χ0v) is 20.9. The first-order valence-corrected chi connectivity index (χ1v) is 12.4. The van der Waals surface area contributed by atoms with Gasteiger partial charge in [-0.15, -0.1) is 0 Å². The van der Waals surface area contributed by atoms with Gasteiger partial charge in [0.05, 0.1) is 32.1 Å². The summed E-state index contributed by atoms with van der Waals surface area (Å²) < 4.78 is 24.4. The van der Waals surface area contributed by atoms with Crippen molar-refractivity contribution in [3.8, 4) is 5.75 Å². The van der Waals surface area contributed by atoms with Crippen LogP contribution in [0.15, 0.2) is 53.6 Å². The number of hydrazone groups is 1. The third-order valence-corrected chi connectivity index (χ3v) is 6.59. The van der Waals surface area contributed by atoms with E-state index >= 15 is 0 Å². The van der Waals surface area contributed by atoms with E-state index in [1.807, 2.05) is 24.3 Å². The van der Waals surface area contributed by atoms with Gasteiger partial charge in [0.2, 0.25) is 5.91 Å². The van der Waals surface area contributed by atoms with E-state index in [-0.39, 0.29) is 24.2 Å². The normalized spacial score (nSPS) is 18.1. The Balaban J connectivity index is 1.55. The molecule has 1 unspecified atom stereocenters. The van der Waals surface area contributed by atoms with E-state index in [0.29, 0.717) is 44.9 Å². The van der Waals surface area contributed by atoms with Gasteiger partial charge in [-0.05, 0) is 29.8 Å². The summed E-state index contributed by atoms with van der Waals surface area (Å²) in [6, 6.07) is 13.3. The first kappa shape index (κ1) is 25.8. The topological polar surface area (TPSA) is 74.7 Å². The molecule has 1 saturated heterocycles. The maximum atomic E-state index is 13.6. The first-order valence-electron chi connectivity index (χ1n) is 12.4. The van der Waals surface area contributed by atoms with Crippen molar-refractivity contribution >= 4 is 17.5 Å². The van der Waals surface area contributed by atoms with E-state index in [0.717, 1.165) is 29.9 Å². The van der Waals surface area contributed by atoms with Gasteiger partial charge in [0.1, 0.15) is 18.1 Å². The molecule has 0 aromatic heterocycles. The number of morpholine rings is 1. The average molecular weight is 497 g/mol. The second kappa shape index (κ2) is 12.1. The molecule has 0 N–H and O–H groups in total. The Morgan fingerprint density at radius 1 is 1.17 bits per heavy atom. The molecule has 1 fully saturated rings. The molecule has 0 aliphatic carbocycles. The van der Waals surface area contributed by atoms with E-state index < -0.39 is 6.04 Å². The van der Waals surface area contributed by atoms with Gasteiger partial charge in [-0.2, -0.15) is 5.10 Å². The Labute approximate surface area is 211 Å². The zero-order chi connectivity index (χ0) is 25.5. The predicted molar refractivity (Wildman–Crippen MR) is 134 cm³/mol. The van der Waals surface area contributed by atoms with Gasteiger partial charge in [-0.1, -0.05) is 31.2 Å². The summed E-state index contributed by atoms with van der Waals surface area (Å²) >= 11 is 0. The van der Waals surface area contributed by atoms with Gasteiger partial charge in [0.15, 0.2) is 0 Å². The molecule has 0 bridgehead atoms. The van der Waals surface area contributed by atoms with Gasteiger partial charge >= 0.3 is 0 Å². The van der Waals surface area contributed by atoms with Crippen LogP contribution in [0.5, 0.6) is 5.75 Å². The fraction of sp³-hybridized carbons (Fsp3) is 0.444. The van der Waals surface area contributed by atoms with E-state index in [9.17, 15) is 14.0 Å². The van der Waals surface area contributed by atoms with Crippen molar-refractivity contribution in [3.05, 3.63) is 65.5 Å². The second-order valence-electron chi connectivity index (χ2n) is 8.91. The summed E-state index contributed by atoms with van der Waals surface area (Å²) in [5.74, 6) is 0.00432. The lowest BCUT2D eigenvalue weighted by molar-refractivity contribution is -0.141. The molecule has 2 heterocycles. The molecular weight excluding hydrogens is 463 g/mol. The van der Waals surface area contributed by atoms with E-state index in [4.69, 9.17) is 9.47 Å². The van der Waals surface area contributed by atoms with Crippen molar-refractivity contribution in [1.29, 1.82) is 0 Å². The minimum absolute atomic E-state index is 0.0659. The van der Waals surface area contributed by atoms with Crippen LogP contribution in [0.3, 0.4) is 0 Å². The lowest BCUT2D eigenvalue weighted by atomic mass is 9.98. The van der Waals surface area contributed by atoms with Crippen molar-refractivity contribution in [2.24, 2.45) is 5.10 Å². The number of ether oxygens (including phenoxy) is 2. The van der Waals surface area contributed by atoms with Crippen LogP contribution in [-0.4, -0.2) is 85.4 Å². The van der Waals surface area contributed by atoms with Crippen LogP contribution in [-0.2, 0) is 14.3 Å². The van der Waals surface area contributed by atoms with Crippen LogP contribution in [0.2, 0.25) is 0 Å². The van der Waals surface area contributed by atoms with Gasteiger partial charge < -0.3 is 14.4 Å². The minimum Gasteiger partial charge on any atom is -0.497 e. The molecule has 9 heteroatoms. The molecule has 0 spiro atoms. The van der Waals surface area contributed by atoms with Crippen molar-refractivity contribution < 1.29 is 23.5 Å². The molecule has 2 aliphatic heterocycles. The number of benzene rings is 2. The highest BCUT2D eigenvalue weighted by Crippen LogP contribution is 2.33. The first-order chi connectivity index (χ1) is 17.5. The number of halogens is 1. The smallest absolute Gasteiger partial charge is 0.262 e. The largest absolute Gasteiger partial charge is 0.497 e. The van der Waals surface area contributed by atoms with Crippen molar-refractivity contribution in [3.63, 3.8) is 0 Å². The molecule has 192 valence electrons. The Hall–Kier alpha value is -3.30. The van der Waals surface area contributed by atoms with Gasteiger partial charge in [-0.25, -0.2) is 9.40 Å². The van der Waals surface area contributed by atoms with Crippen LogP contribution < -0.4 is 4.74 Å². The molecule has 2 aromatic rings. The monoisotopic (exact) mass is 496 g/mol. The molecule has 1 atom stereocenters. The third-order valence-electron chi connectivity index (χ3n) is 6.59. The summed E-state index contributed by atoms with van der Waals surface area (Å²) in [5, 5.41) is 6.14. The molecule has 2 aliphatic rings. The number of rotatable bonds is 9. The lowest BCUT2D eigenvalue weighted by Gasteiger charge is -2.31. The van der Waals surface area contributed by atoms with E-state index in [1.165, 1.54) is 17.1 Å². The SMILES string of the molecule is CCC(=O)N(CCN1CCOCC1)CC(=O)N1N=C(c2cccc(OC)c2)CC1c1ccc(F)cc1.